The highest BCUT2D eigenvalue weighted by atomic mass is 16.5. The summed E-state index contributed by atoms with van der Waals surface area (Å²) < 4.78 is 5.63. The van der Waals surface area contributed by atoms with Gasteiger partial charge in [-0.1, -0.05) is 24.3 Å². The highest BCUT2D eigenvalue weighted by molar-refractivity contribution is 5.26. The van der Waals surface area contributed by atoms with E-state index in [0.29, 0.717) is 6.10 Å². The first-order valence-electron chi connectivity index (χ1n) is 7.17. The van der Waals surface area contributed by atoms with Crippen LogP contribution in [-0.4, -0.2) is 18.8 Å². The van der Waals surface area contributed by atoms with E-state index in [1.54, 1.807) is 0 Å². The van der Waals surface area contributed by atoms with Crippen LogP contribution in [0.2, 0.25) is 0 Å². The first kappa shape index (κ1) is 13.6. The average molecular weight is 247 g/mol. The van der Waals surface area contributed by atoms with Crippen molar-refractivity contribution in [3.05, 3.63) is 35.4 Å². The average Bonchev–Trinajstić information content (AvgIpc) is 2.85. The first-order chi connectivity index (χ1) is 8.75. The Morgan fingerprint density at radius 3 is 2.94 bits per heavy atom. The Bertz CT molecular complexity index is 358. The van der Waals surface area contributed by atoms with Gasteiger partial charge in [-0.2, -0.15) is 0 Å². The van der Waals surface area contributed by atoms with Gasteiger partial charge in [0.05, 0.1) is 6.10 Å². The molecule has 1 aromatic rings. The molecule has 2 atom stereocenters. The number of rotatable bonds is 6. The van der Waals surface area contributed by atoms with Gasteiger partial charge in [0.1, 0.15) is 0 Å². The summed E-state index contributed by atoms with van der Waals surface area (Å²) in [5, 5.41) is 0. The van der Waals surface area contributed by atoms with Crippen LogP contribution in [0.1, 0.15) is 43.2 Å². The van der Waals surface area contributed by atoms with Crippen molar-refractivity contribution in [2.24, 2.45) is 5.73 Å². The Hall–Kier alpha value is -0.860. The standard InChI is InChI=1S/C16H25NO/c1-13-6-2-3-7-14(13)12-15(17)8-4-9-16-10-5-11-18-16/h2-3,6-7,15-16H,4-5,8-12,17H2,1H3. The second-order valence-corrected chi connectivity index (χ2v) is 5.46. The van der Waals surface area contributed by atoms with Crippen molar-refractivity contribution in [2.45, 2.75) is 57.6 Å². The van der Waals surface area contributed by atoms with Gasteiger partial charge in [0, 0.05) is 12.6 Å². The normalized spacial score (nSPS) is 21.1. The Kier molecular flexibility index (Phi) is 5.21. The summed E-state index contributed by atoms with van der Waals surface area (Å²) in [5.74, 6) is 0. The Morgan fingerprint density at radius 1 is 1.39 bits per heavy atom. The largest absolute Gasteiger partial charge is 0.378 e. The van der Waals surface area contributed by atoms with Crippen LogP contribution in [0.5, 0.6) is 0 Å². The topological polar surface area (TPSA) is 35.2 Å². The van der Waals surface area contributed by atoms with E-state index in [9.17, 15) is 0 Å². The maximum absolute atomic E-state index is 6.22. The van der Waals surface area contributed by atoms with Crippen molar-refractivity contribution >= 4 is 0 Å². The van der Waals surface area contributed by atoms with Gasteiger partial charge in [-0.05, 0) is 56.6 Å². The van der Waals surface area contributed by atoms with Gasteiger partial charge < -0.3 is 10.5 Å². The molecule has 1 fully saturated rings. The minimum absolute atomic E-state index is 0.285. The van der Waals surface area contributed by atoms with Crippen molar-refractivity contribution in [1.82, 2.24) is 0 Å². The third-order valence-electron chi connectivity index (χ3n) is 3.87. The van der Waals surface area contributed by atoms with Crippen molar-refractivity contribution in [1.29, 1.82) is 0 Å². The molecule has 1 aliphatic heterocycles. The van der Waals surface area contributed by atoms with Crippen molar-refractivity contribution in [3.8, 4) is 0 Å². The van der Waals surface area contributed by atoms with E-state index in [2.05, 4.69) is 31.2 Å². The van der Waals surface area contributed by atoms with Gasteiger partial charge >= 0.3 is 0 Å². The molecular formula is C16H25NO. The van der Waals surface area contributed by atoms with E-state index < -0.39 is 0 Å². The molecule has 1 aliphatic rings. The number of ether oxygens (including phenoxy) is 1. The molecule has 2 N–H and O–H groups in total. The first-order valence-corrected chi connectivity index (χ1v) is 7.17. The zero-order valence-electron chi connectivity index (χ0n) is 11.4. The number of nitrogens with two attached hydrogens (primary N) is 1. The number of hydrogen-bond acceptors (Lipinski definition) is 2. The maximum atomic E-state index is 6.22. The fourth-order valence-corrected chi connectivity index (χ4v) is 2.70. The molecule has 1 saturated heterocycles. The van der Waals surface area contributed by atoms with E-state index in [1.807, 2.05) is 0 Å². The van der Waals surface area contributed by atoms with Crippen molar-refractivity contribution in [3.63, 3.8) is 0 Å². The van der Waals surface area contributed by atoms with Crippen LogP contribution in [0.25, 0.3) is 0 Å². The van der Waals surface area contributed by atoms with E-state index in [1.165, 1.54) is 36.8 Å². The zero-order chi connectivity index (χ0) is 12.8. The number of hydrogen-bond donors (Lipinski definition) is 1. The van der Waals surface area contributed by atoms with Crippen LogP contribution in [0.3, 0.4) is 0 Å². The molecule has 0 spiro atoms. The number of benzene rings is 1. The predicted octanol–water partition coefficient (Wildman–Crippen LogP) is 3.21. The molecule has 0 amide bonds. The van der Waals surface area contributed by atoms with Gasteiger partial charge in [0.2, 0.25) is 0 Å². The van der Waals surface area contributed by atoms with Crippen molar-refractivity contribution in [2.75, 3.05) is 6.61 Å². The maximum Gasteiger partial charge on any atom is 0.0576 e. The SMILES string of the molecule is Cc1ccccc1CC(N)CCCC1CCCO1. The molecule has 1 heterocycles. The van der Waals surface area contributed by atoms with Gasteiger partial charge in [-0.25, -0.2) is 0 Å². The lowest BCUT2D eigenvalue weighted by Crippen LogP contribution is -2.23. The summed E-state index contributed by atoms with van der Waals surface area (Å²) in [7, 11) is 0. The van der Waals surface area contributed by atoms with E-state index in [0.717, 1.165) is 19.4 Å². The molecule has 100 valence electrons. The highest BCUT2D eigenvalue weighted by Gasteiger charge is 2.15. The van der Waals surface area contributed by atoms with Crippen molar-refractivity contribution < 1.29 is 4.74 Å². The molecule has 1 aromatic carbocycles. The second-order valence-electron chi connectivity index (χ2n) is 5.46. The molecule has 2 heteroatoms. The van der Waals surface area contributed by atoms with Gasteiger partial charge in [-0.3, -0.25) is 0 Å². The summed E-state index contributed by atoms with van der Waals surface area (Å²) in [6.45, 7) is 3.12. The molecule has 2 nitrogen and oxygen atoms in total. The summed E-state index contributed by atoms with van der Waals surface area (Å²) >= 11 is 0. The highest BCUT2D eigenvalue weighted by Crippen LogP contribution is 2.19. The minimum Gasteiger partial charge on any atom is -0.378 e. The van der Waals surface area contributed by atoms with E-state index in [4.69, 9.17) is 10.5 Å². The molecule has 0 saturated carbocycles. The molecule has 0 radical (unpaired) electrons. The summed E-state index contributed by atoms with van der Waals surface area (Å²) in [5.41, 5.74) is 8.96. The molecular weight excluding hydrogens is 222 g/mol. The predicted molar refractivity (Wildman–Crippen MR) is 75.7 cm³/mol. The van der Waals surface area contributed by atoms with Crippen LogP contribution in [0.15, 0.2) is 24.3 Å². The Labute approximate surface area is 111 Å². The molecule has 0 aromatic heterocycles. The minimum atomic E-state index is 0.285. The van der Waals surface area contributed by atoms with Crippen LogP contribution in [-0.2, 0) is 11.2 Å². The quantitative estimate of drug-likeness (QED) is 0.837. The monoisotopic (exact) mass is 247 g/mol. The lowest BCUT2D eigenvalue weighted by molar-refractivity contribution is 0.101. The fraction of sp³-hybridized carbons (Fsp3) is 0.625. The third-order valence-corrected chi connectivity index (χ3v) is 3.87. The molecule has 0 aliphatic carbocycles. The summed E-state index contributed by atoms with van der Waals surface area (Å²) in [6, 6.07) is 8.82. The summed E-state index contributed by atoms with van der Waals surface area (Å²) in [6.07, 6.45) is 7.47. The lowest BCUT2D eigenvalue weighted by Gasteiger charge is -2.15. The summed E-state index contributed by atoms with van der Waals surface area (Å²) in [4.78, 5) is 0. The molecule has 0 bridgehead atoms. The Balaban J connectivity index is 1.68. The lowest BCUT2D eigenvalue weighted by atomic mass is 9.97. The molecule has 2 unspecified atom stereocenters. The van der Waals surface area contributed by atoms with Crippen LogP contribution in [0, 0.1) is 6.92 Å². The van der Waals surface area contributed by atoms with E-state index in [-0.39, 0.29) is 6.04 Å². The zero-order valence-corrected chi connectivity index (χ0v) is 11.4. The van der Waals surface area contributed by atoms with E-state index >= 15 is 0 Å². The van der Waals surface area contributed by atoms with Gasteiger partial charge in [0.25, 0.3) is 0 Å². The molecule has 2 rings (SSSR count). The smallest absolute Gasteiger partial charge is 0.0576 e. The number of aryl methyl sites for hydroxylation is 1. The van der Waals surface area contributed by atoms with Crippen LogP contribution >= 0.6 is 0 Å². The van der Waals surface area contributed by atoms with Crippen LogP contribution in [0.4, 0.5) is 0 Å². The van der Waals surface area contributed by atoms with Gasteiger partial charge in [0.15, 0.2) is 0 Å². The second kappa shape index (κ2) is 6.91. The Morgan fingerprint density at radius 2 is 2.22 bits per heavy atom. The third kappa shape index (κ3) is 4.11. The van der Waals surface area contributed by atoms with Crippen LogP contribution < -0.4 is 5.73 Å². The fourth-order valence-electron chi connectivity index (χ4n) is 2.70. The van der Waals surface area contributed by atoms with Gasteiger partial charge in [-0.15, -0.1) is 0 Å². The molecule has 18 heavy (non-hydrogen) atoms.